The summed E-state index contributed by atoms with van der Waals surface area (Å²) in [6.45, 7) is 0. The molecule has 7 nitrogen and oxygen atoms in total. The number of aromatic nitrogens is 3. The minimum absolute atomic E-state index is 0.0782. The van der Waals surface area contributed by atoms with E-state index >= 15 is 0 Å². The number of pyridine rings is 1. The Labute approximate surface area is 132 Å². The molecule has 10 heteroatoms. The van der Waals surface area contributed by atoms with Crippen LogP contribution in [0.1, 0.15) is 5.56 Å². The Hall–Kier alpha value is -3.17. The standard InChI is InChI=1S/C14H9F3N4O3/c1-20-13-8(6-19-20)4-10(5-11(13)21(22)23)24-12-3-2-9(7-18-12)14(15,16)17/h2-7H,1H3. The molecule has 0 saturated carbocycles. The molecule has 0 spiro atoms. The summed E-state index contributed by atoms with van der Waals surface area (Å²) < 4.78 is 44.2. The molecule has 0 atom stereocenters. The Morgan fingerprint density at radius 3 is 2.58 bits per heavy atom. The number of benzene rings is 1. The predicted octanol–water partition coefficient (Wildman–Crippen LogP) is 3.69. The summed E-state index contributed by atoms with van der Waals surface area (Å²) in [4.78, 5) is 14.2. The second-order valence-electron chi connectivity index (χ2n) is 4.89. The number of nitrogens with zero attached hydrogens (tertiary/aromatic N) is 4. The number of fused-ring (bicyclic) bond motifs is 1. The Bertz CT molecular complexity index is 919. The van der Waals surface area contributed by atoms with Crippen molar-refractivity contribution >= 4 is 16.6 Å². The van der Waals surface area contributed by atoms with Gasteiger partial charge in [0.2, 0.25) is 5.88 Å². The summed E-state index contributed by atoms with van der Waals surface area (Å²) in [6, 6.07) is 4.53. The highest BCUT2D eigenvalue weighted by Gasteiger charge is 2.30. The highest BCUT2D eigenvalue weighted by Crippen LogP contribution is 2.33. The zero-order chi connectivity index (χ0) is 17.5. The van der Waals surface area contributed by atoms with Gasteiger partial charge in [0.25, 0.3) is 5.69 Å². The van der Waals surface area contributed by atoms with Crippen molar-refractivity contribution in [3.63, 3.8) is 0 Å². The van der Waals surface area contributed by atoms with Gasteiger partial charge in [-0.05, 0) is 12.1 Å². The minimum Gasteiger partial charge on any atom is -0.439 e. The third-order valence-corrected chi connectivity index (χ3v) is 3.27. The fraction of sp³-hybridized carbons (Fsp3) is 0.143. The first-order chi connectivity index (χ1) is 11.3. The van der Waals surface area contributed by atoms with Crippen LogP contribution < -0.4 is 4.74 Å². The zero-order valence-corrected chi connectivity index (χ0v) is 12.1. The Morgan fingerprint density at radius 2 is 2.00 bits per heavy atom. The molecule has 24 heavy (non-hydrogen) atoms. The maximum absolute atomic E-state index is 12.5. The number of halogens is 3. The summed E-state index contributed by atoms with van der Waals surface area (Å²) >= 11 is 0. The van der Waals surface area contributed by atoms with Gasteiger partial charge in [-0.1, -0.05) is 0 Å². The number of non-ortho nitro benzene ring substituents is 1. The lowest BCUT2D eigenvalue weighted by Crippen LogP contribution is -2.05. The van der Waals surface area contributed by atoms with Crippen molar-refractivity contribution in [2.45, 2.75) is 6.18 Å². The lowest BCUT2D eigenvalue weighted by Gasteiger charge is -2.08. The van der Waals surface area contributed by atoms with Crippen LogP contribution in [0.15, 0.2) is 36.7 Å². The van der Waals surface area contributed by atoms with Crippen molar-refractivity contribution in [3.8, 4) is 11.6 Å². The number of nitro groups is 1. The van der Waals surface area contributed by atoms with Crippen LogP contribution in [0.3, 0.4) is 0 Å². The van der Waals surface area contributed by atoms with Crippen LogP contribution >= 0.6 is 0 Å². The van der Waals surface area contributed by atoms with E-state index in [1.165, 1.54) is 23.0 Å². The van der Waals surface area contributed by atoms with Gasteiger partial charge in [-0.25, -0.2) is 4.98 Å². The molecule has 0 amide bonds. The highest BCUT2D eigenvalue weighted by atomic mass is 19.4. The van der Waals surface area contributed by atoms with E-state index in [9.17, 15) is 23.3 Å². The van der Waals surface area contributed by atoms with Gasteiger partial charge in [-0.2, -0.15) is 18.3 Å². The lowest BCUT2D eigenvalue weighted by molar-refractivity contribution is -0.383. The van der Waals surface area contributed by atoms with Crippen LogP contribution in [0.5, 0.6) is 11.6 Å². The van der Waals surface area contributed by atoms with Gasteiger partial charge in [-0.15, -0.1) is 0 Å². The van der Waals surface area contributed by atoms with E-state index in [2.05, 4.69) is 10.1 Å². The largest absolute Gasteiger partial charge is 0.439 e. The number of hydrogen-bond donors (Lipinski definition) is 0. The Balaban J connectivity index is 1.97. The Morgan fingerprint density at radius 1 is 1.25 bits per heavy atom. The topological polar surface area (TPSA) is 83.1 Å². The van der Waals surface area contributed by atoms with E-state index < -0.39 is 16.7 Å². The minimum atomic E-state index is -4.50. The van der Waals surface area contributed by atoms with Crippen LogP contribution in [0.25, 0.3) is 10.9 Å². The number of rotatable bonds is 3. The number of ether oxygens (including phenoxy) is 1. The molecule has 0 aliphatic heterocycles. The number of alkyl halides is 3. The molecule has 0 aliphatic carbocycles. The van der Waals surface area contributed by atoms with Gasteiger partial charge in [0.1, 0.15) is 11.3 Å². The molecule has 0 unspecified atom stereocenters. The summed E-state index contributed by atoms with van der Waals surface area (Å²) in [5.74, 6) is -0.0324. The molecular weight excluding hydrogens is 329 g/mol. The first-order valence-electron chi connectivity index (χ1n) is 6.57. The molecule has 2 aromatic heterocycles. The molecule has 2 heterocycles. The lowest BCUT2D eigenvalue weighted by atomic mass is 10.2. The summed E-state index contributed by atoms with van der Waals surface area (Å²) in [5.41, 5.74) is -0.828. The van der Waals surface area contributed by atoms with Crippen molar-refractivity contribution in [3.05, 3.63) is 52.3 Å². The van der Waals surface area contributed by atoms with Crippen LogP contribution in [-0.2, 0) is 13.2 Å². The third-order valence-electron chi connectivity index (χ3n) is 3.27. The number of aryl methyl sites for hydroxylation is 1. The molecule has 0 saturated heterocycles. The molecule has 124 valence electrons. The van der Waals surface area contributed by atoms with Gasteiger partial charge in [0.15, 0.2) is 0 Å². The monoisotopic (exact) mass is 338 g/mol. The van der Waals surface area contributed by atoms with Gasteiger partial charge < -0.3 is 4.74 Å². The first kappa shape index (κ1) is 15.7. The highest BCUT2D eigenvalue weighted by molar-refractivity contribution is 5.89. The van der Waals surface area contributed by atoms with Gasteiger partial charge >= 0.3 is 6.18 Å². The SMILES string of the molecule is Cn1ncc2cc(Oc3ccc(C(F)(F)F)cn3)cc([N+](=O)[O-])c21. The molecule has 3 aromatic rings. The average molecular weight is 338 g/mol. The fourth-order valence-corrected chi connectivity index (χ4v) is 2.20. The van der Waals surface area contributed by atoms with E-state index in [-0.39, 0.29) is 17.3 Å². The van der Waals surface area contributed by atoms with Gasteiger partial charge in [0.05, 0.1) is 22.7 Å². The maximum atomic E-state index is 12.5. The van der Waals surface area contributed by atoms with Crippen molar-refractivity contribution < 1.29 is 22.8 Å². The summed E-state index contributed by atoms with van der Waals surface area (Å²) in [5, 5.41) is 15.6. The predicted molar refractivity (Wildman–Crippen MR) is 76.7 cm³/mol. The zero-order valence-electron chi connectivity index (χ0n) is 12.1. The second-order valence-corrected chi connectivity index (χ2v) is 4.89. The van der Waals surface area contributed by atoms with E-state index in [1.807, 2.05) is 0 Å². The average Bonchev–Trinajstić information content (AvgIpc) is 2.87. The van der Waals surface area contributed by atoms with E-state index in [4.69, 9.17) is 4.74 Å². The number of hydrogen-bond acceptors (Lipinski definition) is 5. The second kappa shape index (κ2) is 5.48. The van der Waals surface area contributed by atoms with Crippen molar-refractivity contribution in [2.75, 3.05) is 0 Å². The first-order valence-corrected chi connectivity index (χ1v) is 6.57. The maximum Gasteiger partial charge on any atom is 0.417 e. The normalized spacial score (nSPS) is 11.7. The molecule has 0 bridgehead atoms. The quantitative estimate of drug-likeness (QED) is 0.537. The molecule has 0 radical (unpaired) electrons. The van der Waals surface area contributed by atoms with Gasteiger partial charge in [0, 0.05) is 24.7 Å². The third kappa shape index (κ3) is 2.85. The molecule has 0 aliphatic rings. The van der Waals surface area contributed by atoms with E-state index in [0.717, 1.165) is 12.1 Å². The molecule has 1 aromatic carbocycles. The van der Waals surface area contributed by atoms with E-state index in [0.29, 0.717) is 17.1 Å². The van der Waals surface area contributed by atoms with Crippen LogP contribution in [0.4, 0.5) is 18.9 Å². The van der Waals surface area contributed by atoms with Gasteiger partial charge in [-0.3, -0.25) is 14.8 Å². The smallest absolute Gasteiger partial charge is 0.417 e. The van der Waals surface area contributed by atoms with E-state index in [1.54, 1.807) is 7.05 Å². The van der Waals surface area contributed by atoms with Crippen LogP contribution in [0, 0.1) is 10.1 Å². The van der Waals surface area contributed by atoms with Crippen molar-refractivity contribution in [1.82, 2.24) is 14.8 Å². The van der Waals surface area contributed by atoms with Crippen molar-refractivity contribution in [2.24, 2.45) is 7.05 Å². The molecule has 0 N–H and O–H groups in total. The molecular formula is C14H9F3N4O3. The summed E-state index contributed by atoms with van der Waals surface area (Å²) in [6.07, 6.45) is -2.44. The fourth-order valence-electron chi connectivity index (χ4n) is 2.20. The summed E-state index contributed by atoms with van der Waals surface area (Å²) in [7, 11) is 1.56. The van der Waals surface area contributed by atoms with Crippen LogP contribution in [0.2, 0.25) is 0 Å². The van der Waals surface area contributed by atoms with Crippen LogP contribution in [-0.4, -0.2) is 19.7 Å². The molecule has 3 rings (SSSR count). The number of nitro benzene ring substituents is 1. The Kier molecular flexibility index (Phi) is 3.59. The van der Waals surface area contributed by atoms with Crippen molar-refractivity contribution in [1.29, 1.82) is 0 Å². The molecule has 0 fully saturated rings.